The Labute approximate surface area is 259 Å². The summed E-state index contributed by atoms with van der Waals surface area (Å²) >= 11 is 6.28. The summed E-state index contributed by atoms with van der Waals surface area (Å²) in [4.78, 5) is 17.2. The van der Waals surface area contributed by atoms with Gasteiger partial charge in [-0.2, -0.15) is 5.26 Å². The van der Waals surface area contributed by atoms with Crippen LogP contribution < -0.4 is 15.0 Å². The molecule has 2 aromatic carbocycles. The third kappa shape index (κ3) is 5.72. The summed E-state index contributed by atoms with van der Waals surface area (Å²) in [6.45, 7) is 14.1. The van der Waals surface area contributed by atoms with Crippen LogP contribution >= 0.6 is 11.6 Å². The number of nitrogens with one attached hydrogen (secondary N) is 1. The van der Waals surface area contributed by atoms with Gasteiger partial charge in [0.15, 0.2) is 0 Å². The molecule has 3 aromatic rings. The Kier molecular flexibility index (Phi) is 7.55. The smallest absolute Gasteiger partial charge is 0.225 e. The van der Waals surface area contributed by atoms with Gasteiger partial charge in [0.25, 0.3) is 0 Å². The van der Waals surface area contributed by atoms with E-state index in [9.17, 15) is 5.26 Å². The fourth-order valence-corrected chi connectivity index (χ4v) is 7.28. The maximum Gasteiger partial charge on any atom is 0.225 e. The molecule has 4 aliphatic heterocycles. The van der Waals surface area contributed by atoms with Gasteiger partial charge < -0.3 is 15.0 Å². The molecule has 5 heterocycles. The Hall–Kier alpha value is -3.22. The molecule has 9 heteroatoms. The van der Waals surface area contributed by atoms with Gasteiger partial charge in [0.05, 0.1) is 17.3 Å². The molecule has 1 aromatic heterocycles. The van der Waals surface area contributed by atoms with E-state index in [0.29, 0.717) is 22.6 Å². The van der Waals surface area contributed by atoms with Crippen LogP contribution in [0.25, 0.3) is 0 Å². The molecule has 4 saturated heterocycles. The lowest BCUT2D eigenvalue weighted by Gasteiger charge is -2.61. The van der Waals surface area contributed by atoms with E-state index in [1.807, 2.05) is 36.5 Å². The Morgan fingerprint density at radius 1 is 1.00 bits per heavy atom. The van der Waals surface area contributed by atoms with Crippen LogP contribution in [0.3, 0.4) is 0 Å². The van der Waals surface area contributed by atoms with Crippen molar-refractivity contribution in [2.45, 2.75) is 50.8 Å². The van der Waals surface area contributed by atoms with Gasteiger partial charge in [-0.3, -0.25) is 9.80 Å². The Bertz CT molecular complexity index is 1490. The minimum absolute atomic E-state index is 0.312. The summed E-state index contributed by atoms with van der Waals surface area (Å²) in [6, 6.07) is 19.4. The third-order valence-corrected chi connectivity index (χ3v) is 10.5. The Morgan fingerprint density at radius 2 is 1.74 bits per heavy atom. The fourth-order valence-electron chi connectivity index (χ4n) is 7.04. The molecule has 4 aliphatic rings. The Balaban J connectivity index is 0.903. The second-order valence-electron chi connectivity index (χ2n) is 13.4. The van der Waals surface area contributed by atoms with E-state index in [0.717, 1.165) is 53.7 Å². The number of nitrogens with zero attached hydrogens (tertiary/aromatic N) is 6. The second-order valence-corrected chi connectivity index (χ2v) is 13.9. The number of piperidine rings is 1. The van der Waals surface area contributed by atoms with Gasteiger partial charge in [-0.25, -0.2) is 9.97 Å². The van der Waals surface area contributed by atoms with Crippen molar-refractivity contribution in [2.24, 2.45) is 5.41 Å². The molecular weight excluding hydrogens is 558 g/mol. The SMILES string of the molecule is CC(C)(c1ccc(OCc2ccnc(N3CCC4(CC3)CN(C3CN(C5CNC5)C3)C4)n2)cc1)c1cc(Cl)cc(C#N)c1. The van der Waals surface area contributed by atoms with Crippen molar-refractivity contribution in [2.75, 3.05) is 57.3 Å². The maximum atomic E-state index is 9.36. The average molecular weight is 598 g/mol. The predicted octanol–water partition coefficient (Wildman–Crippen LogP) is 4.46. The van der Waals surface area contributed by atoms with Gasteiger partial charge in [-0.15, -0.1) is 0 Å². The van der Waals surface area contributed by atoms with Crippen LogP contribution in [0.1, 0.15) is 49.1 Å². The van der Waals surface area contributed by atoms with Crippen molar-refractivity contribution in [3.8, 4) is 11.8 Å². The van der Waals surface area contributed by atoms with Crippen molar-refractivity contribution >= 4 is 17.5 Å². The van der Waals surface area contributed by atoms with E-state index >= 15 is 0 Å². The molecule has 0 unspecified atom stereocenters. The molecule has 8 nitrogen and oxygen atoms in total. The summed E-state index contributed by atoms with van der Waals surface area (Å²) in [7, 11) is 0. The van der Waals surface area contributed by atoms with Crippen molar-refractivity contribution in [3.05, 3.63) is 82.1 Å². The van der Waals surface area contributed by atoms with Crippen LogP contribution in [0.5, 0.6) is 5.75 Å². The summed E-state index contributed by atoms with van der Waals surface area (Å²) in [5.41, 5.74) is 3.74. The minimum atomic E-state index is -0.312. The molecule has 7 rings (SSSR count). The first-order chi connectivity index (χ1) is 20.8. The van der Waals surface area contributed by atoms with Gasteiger partial charge in [-0.05, 0) is 65.8 Å². The average Bonchev–Trinajstić information content (AvgIpc) is 2.96. The molecular formula is C34H40ClN7O. The normalized spacial score (nSPS) is 21.1. The standard InChI is InChI=1S/C34H40ClN7O/c1-33(2,26-13-24(16-36)14-27(35)15-26)25-3-5-31(6-4-25)43-21-28-7-10-38-32(39-28)40-11-8-34(9-12-40)22-42(23-34)30-19-41(20-30)29-17-37-18-29/h3-7,10,13-15,29-30,37H,8-9,11-12,17-23H2,1-2H3. The van der Waals surface area contributed by atoms with Crippen LogP contribution in [0, 0.1) is 16.7 Å². The number of ether oxygens (including phenoxy) is 1. The zero-order chi connectivity index (χ0) is 29.6. The summed E-state index contributed by atoms with van der Waals surface area (Å²) in [6.07, 6.45) is 4.28. The van der Waals surface area contributed by atoms with E-state index < -0.39 is 0 Å². The molecule has 0 atom stereocenters. The molecule has 224 valence electrons. The zero-order valence-electron chi connectivity index (χ0n) is 25.1. The first-order valence-corrected chi connectivity index (χ1v) is 15.9. The first-order valence-electron chi connectivity index (χ1n) is 15.5. The summed E-state index contributed by atoms with van der Waals surface area (Å²) in [5, 5.41) is 13.3. The molecule has 0 aliphatic carbocycles. The molecule has 1 N–H and O–H groups in total. The zero-order valence-corrected chi connectivity index (χ0v) is 25.9. The quantitative estimate of drug-likeness (QED) is 0.408. The van der Waals surface area contributed by atoms with Gasteiger partial charge >= 0.3 is 0 Å². The number of aromatic nitrogens is 2. The topological polar surface area (TPSA) is 80.6 Å². The number of anilines is 1. The minimum Gasteiger partial charge on any atom is -0.487 e. The molecule has 0 saturated carbocycles. The highest BCUT2D eigenvalue weighted by Crippen LogP contribution is 2.43. The molecule has 0 amide bonds. The highest BCUT2D eigenvalue weighted by atomic mass is 35.5. The van der Waals surface area contributed by atoms with Gasteiger partial charge in [-0.1, -0.05) is 37.6 Å². The van der Waals surface area contributed by atoms with Crippen LogP contribution in [0.2, 0.25) is 5.02 Å². The van der Waals surface area contributed by atoms with Gasteiger partial charge in [0.2, 0.25) is 5.95 Å². The number of hydrogen-bond donors (Lipinski definition) is 1. The van der Waals surface area contributed by atoms with Crippen molar-refractivity contribution in [1.29, 1.82) is 5.26 Å². The number of nitriles is 1. The second kappa shape index (κ2) is 11.4. The molecule has 1 spiro atoms. The number of benzene rings is 2. The molecule has 0 radical (unpaired) electrons. The van der Waals surface area contributed by atoms with Crippen LogP contribution in [-0.4, -0.2) is 84.2 Å². The van der Waals surface area contributed by atoms with Crippen molar-refractivity contribution in [3.63, 3.8) is 0 Å². The van der Waals surface area contributed by atoms with E-state index in [4.69, 9.17) is 21.3 Å². The monoisotopic (exact) mass is 597 g/mol. The lowest BCUT2D eigenvalue weighted by molar-refractivity contribution is -0.103. The number of halogens is 1. The number of rotatable bonds is 8. The van der Waals surface area contributed by atoms with Crippen LogP contribution in [0.4, 0.5) is 5.95 Å². The largest absolute Gasteiger partial charge is 0.487 e. The Morgan fingerprint density at radius 3 is 2.42 bits per heavy atom. The summed E-state index contributed by atoms with van der Waals surface area (Å²) < 4.78 is 6.12. The van der Waals surface area contributed by atoms with Crippen molar-refractivity contribution < 1.29 is 4.74 Å². The summed E-state index contributed by atoms with van der Waals surface area (Å²) in [5.74, 6) is 1.60. The lowest BCUT2D eigenvalue weighted by Crippen LogP contribution is -2.73. The molecule has 4 fully saturated rings. The fraction of sp³-hybridized carbons (Fsp3) is 0.500. The highest BCUT2D eigenvalue weighted by Gasteiger charge is 2.50. The number of hydrogen-bond acceptors (Lipinski definition) is 8. The molecule has 0 bridgehead atoms. The first kappa shape index (κ1) is 28.5. The predicted molar refractivity (Wildman–Crippen MR) is 169 cm³/mol. The lowest BCUT2D eigenvalue weighted by atomic mass is 9.71. The highest BCUT2D eigenvalue weighted by molar-refractivity contribution is 6.30. The van der Waals surface area contributed by atoms with Crippen LogP contribution in [-0.2, 0) is 12.0 Å². The van der Waals surface area contributed by atoms with Crippen molar-refractivity contribution in [1.82, 2.24) is 25.1 Å². The van der Waals surface area contributed by atoms with E-state index in [-0.39, 0.29) is 5.41 Å². The van der Waals surface area contributed by atoms with E-state index in [1.54, 1.807) is 6.07 Å². The maximum absolute atomic E-state index is 9.36. The third-order valence-electron chi connectivity index (χ3n) is 10.3. The van der Waals surface area contributed by atoms with E-state index in [2.05, 4.69) is 57.0 Å². The number of likely N-dealkylation sites (tertiary alicyclic amines) is 2. The van der Waals surface area contributed by atoms with Gasteiger partial charge in [0.1, 0.15) is 12.4 Å². The van der Waals surface area contributed by atoms with Gasteiger partial charge in [0, 0.05) is 81.1 Å². The molecule has 43 heavy (non-hydrogen) atoms. The van der Waals surface area contributed by atoms with Crippen LogP contribution in [0.15, 0.2) is 54.7 Å². The van der Waals surface area contributed by atoms with E-state index in [1.165, 1.54) is 52.1 Å².